The summed E-state index contributed by atoms with van der Waals surface area (Å²) in [6.07, 6.45) is 3.15. The zero-order valence-electron chi connectivity index (χ0n) is 17.9. The van der Waals surface area contributed by atoms with E-state index in [1.54, 1.807) is 5.41 Å². The highest BCUT2D eigenvalue weighted by Gasteiger charge is 2.54. The van der Waals surface area contributed by atoms with Crippen LogP contribution in [-0.4, -0.2) is 74.4 Å². The van der Waals surface area contributed by atoms with Crippen molar-refractivity contribution in [3.8, 4) is 6.07 Å². The van der Waals surface area contributed by atoms with Crippen molar-refractivity contribution in [2.45, 2.75) is 11.4 Å². The number of carbonyl (C=O) groups is 4. The van der Waals surface area contributed by atoms with Gasteiger partial charge in [0.15, 0.2) is 10.8 Å². The molecule has 15 heteroatoms. The molecule has 2 aliphatic rings. The molecule has 0 spiro atoms. The van der Waals surface area contributed by atoms with Gasteiger partial charge in [-0.25, -0.2) is 9.78 Å². The molecule has 1 fully saturated rings. The average Bonchev–Trinajstić information content (AvgIpc) is 3.30. The lowest BCUT2D eigenvalue weighted by molar-refractivity contribution is -0.150. The van der Waals surface area contributed by atoms with E-state index in [-0.39, 0.29) is 28.8 Å². The summed E-state index contributed by atoms with van der Waals surface area (Å²) in [5.74, 6) is -1.92. The number of amides is 3. The number of nitrogens with zero attached hydrogens (tertiary/aromatic N) is 4. The van der Waals surface area contributed by atoms with Gasteiger partial charge in [0.25, 0.3) is 11.8 Å². The van der Waals surface area contributed by atoms with E-state index in [4.69, 9.17) is 10.1 Å². The van der Waals surface area contributed by atoms with Crippen LogP contribution in [0.25, 0.3) is 0 Å². The van der Waals surface area contributed by atoms with Gasteiger partial charge in [0.2, 0.25) is 6.41 Å². The molecule has 182 valence electrons. The van der Waals surface area contributed by atoms with Gasteiger partial charge < -0.3 is 20.6 Å². The number of carbonyl (C=O) groups excluding carboxylic acids is 3. The molecule has 0 aliphatic carbocycles. The SMILES string of the molecule is C=CCON=C(C(=O)NC1C(=O)N2C(C(=O)O)=C(CS/C=C\C#N)CS[C@@H]12)c1csc(NC=O)n1. The summed E-state index contributed by atoms with van der Waals surface area (Å²) in [6.45, 7) is 3.52. The predicted molar refractivity (Wildman–Crippen MR) is 131 cm³/mol. The molecule has 1 saturated heterocycles. The van der Waals surface area contributed by atoms with E-state index < -0.39 is 29.2 Å². The van der Waals surface area contributed by atoms with Crippen LogP contribution in [-0.2, 0) is 24.0 Å². The van der Waals surface area contributed by atoms with Gasteiger partial charge in [0.05, 0.1) is 6.07 Å². The van der Waals surface area contributed by atoms with E-state index in [1.807, 2.05) is 6.07 Å². The summed E-state index contributed by atoms with van der Waals surface area (Å²) in [5, 5.41) is 29.7. The largest absolute Gasteiger partial charge is 0.477 e. The number of rotatable bonds is 12. The van der Waals surface area contributed by atoms with Crippen LogP contribution >= 0.6 is 34.9 Å². The number of hydrogen-bond donors (Lipinski definition) is 3. The molecule has 12 nitrogen and oxygen atoms in total. The fourth-order valence-electron chi connectivity index (χ4n) is 3.09. The van der Waals surface area contributed by atoms with Crippen molar-refractivity contribution in [3.05, 3.63) is 46.5 Å². The summed E-state index contributed by atoms with van der Waals surface area (Å²) in [6, 6.07) is 0.871. The fraction of sp³-hybridized carbons (Fsp3) is 0.250. The van der Waals surface area contributed by atoms with Crippen LogP contribution in [0.2, 0.25) is 0 Å². The Morgan fingerprint density at radius 2 is 2.31 bits per heavy atom. The number of aliphatic carboxylic acids is 1. The fourth-order valence-corrected chi connectivity index (χ4v) is 5.91. The number of oxime groups is 1. The molecule has 0 bridgehead atoms. The van der Waals surface area contributed by atoms with Crippen LogP contribution in [0.1, 0.15) is 5.69 Å². The van der Waals surface area contributed by atoms with E-state index in [1.165, 1.54) is 41.1 Å². The Labute approximate surface area is 211 Å². The molecule has 1 unspecified atom stereocenters. The van der Waals surface area contributed by atoms with Crippen molar-refractivity contribution in [3.63, 3.8) is 0 Å². The number of nitriles is 1. The molecule has 3 rings (SSSR count). The van der Waals surface area contributed by atoms with Gasteiger partial charge in [-0.3, -0.25) is 19.3 Å². The second-order valence-corrected chi connectivity index (χ2v) is 9.54. The smallest absolute Gasteiger partial charge is 0.352 e. The second-order valence-electron chi connectivity index (χ2n) is 6.69. The summed E-state index contributed by atoms with van der Waals surface area (Å²) < 4.78 is 0. The topological polar surface area (TPSA) is 174 Å². The molecule has 35 heavy (non-hydrogen) atoms. The summed E-state index contributed by atoms with van der Waals surface area (Å²) in [4.78, 5) is 58.7. The molecular weight excluding hydrogens is 516 g/mol. The maximum Gasteiger partial charge on any atom is 0.352 e. The molecule has 3 N–H and O–H groups in total. The lowest BCUT2D eigenvalue weighted by Gasteiger charge is -2.49. The molecule has 0 aromatic carbocycles. The van der Waals surface area contributed by atoms with Crippen molar-refractivity contribution in [2.75, 3.05) is 23.4 Å². The van der Waals surface area contributed by atoms with E-state index in [9.17, 15) is 24.3 Å². The van der Waals surface area contributed by atoms with Crippen LogP contribution in [0.5, 0.6) is 0 Å². The molecule has 2 aliphatic heterocycles. The van der Waals surface area contributed by atoms with Gasteiger partial charge in [0.1, 0.15) is 29.4 Å². The maximum atomic E-state index is 13.0. The van der Waals surface area contributed by atoms with Gasteiger partial charge in [0, 0.05) is 23.0 Å². The van der Waals surface area contributed by atoms with Crippen LogP contribution in [0.15, 0.2) is 45.9 Å². The molecular formula is C20H18N6O6S3. The standard InChI is InChI=1S/C20H18N6O6S3/c1-2-5-32-25-13(12-9-35-20(23-12)22-10-27)16(28)24-14-17(29)26-15(19(30)31)11(8-34-18(14)26)7-33-6-3-4-21/h2-3,6,9-10,14,18H,1,5,7-8H2,(H,24,28)(H,30,31)(H,22,23,27)/b6-3-,25-13?/t14?,18-/m0/s1. The van der Waals surface area contributed by atoms with E-state index >= 15 is 0 Å². The van der Waals surface area contributed by atoms with E-state index in [2.05, 4.69) is 27.4 Å². The van der Waals surface area contributed by atoms with Crippen LogP contribution in [0, 0.1) is 11.3 Å². The third kappa shape index (κ3) is 5.91. The third-order valence-electron chi connectivity index (χ3n) is 4.53. The number of aromatic nitrogens is 1. The highest BCUT2D eigenvalue weighted by atomic mass is 32.2. The minimum atomic E-state index is -1.24. The highest BCUT2D eigenvalue weighted by Crippen LogP contribution is 2.41. The number of thioether (sulfide) groups is 2. The van der Waals surface area contributed by atoms with Crippen LogP contribution in [0.3, 0.4) is 0 Å². The number of nitrogens with one attached hydrogen (secondary N) is 2. The first-order chi connectivity index (χ1) is 16.9. The molecule has 0 saturated carbocycles. The van der Waals surface area contributed by atoms with Crippen molar-refractivity contribution in [1.82, 2.24) is 15.2 Å². The Morgan fingerprint density at radius 3 is 3.00 bits per heavy atom. The van der Waals surface area contributed by atoms with Gasteiger partial charge in [-0.2, -0.15) is 5.26 Å². The number of thiazole rings is 1. The molecule has 1 aromatic rings. The Morgan fingerprint density at radius 1 is 1.51 bits per heavy atom. The first-order valence-corrected chi connectivity index (χ1v) is 12.7. The van der Waals surface area contributed by atoms with Crippen molar-refractivity contribution in [1.29, 1.82) is 5.26 Å². The number of anilines is 1. The highest BCUT2D eigenvalue weighted by molar-refractivity contribution is 8.02. The van der Waals surface area contributed by atoms with Gasteiger partial charge >= 0.3 is 5.97 Å². The first-order valence-electron chi connectivity index (χ1n) is 9.76. The van der Waals surface area contributed by atoms with Crippen molar-refractivity contribution >= 4 is 69.9 Å². The van der Waals surface area contributed by atoms with Gasteiger partial charge in [-0.15, -0.1) is 34.9 Å². The Hall–Kier alpha value is -3.61. The van der Waals surface area contributed by atoms with E-state index in [0.29, 0.717) is 23.5 Å². The Bertz CT molecular complexity index is 1170. The normalized spacial score (nSPS) is 19.5. The number of fused-ring (bicyclic) bond motifs is 1. The first kappa shape index (κ1) is 26.0. The number of carboxylic acid groups (broad SMARTS) is 1. The van der Waals surface area contributed by atoms with Crippen molar-refractivity contribution < 1.29 is 29.1 Å². The molecule has 0 radical (unpaired) electrons. The molecule has 2 atom stereocenters. The number of β-lactam (4-membered cyclic amide) rings is 1. The van der Waals surface area contributed by atoms with Crippen LogP contribution in [0.4, 0.5) is 5.13 Å². The predicted octanol–water partition coefficient (Wildman–Crippen LogP) is 1.13. The summed E-state index contributed by atoms with van der Waals surface area (Å²) in [7, 11) is 0. The Balaban J connectivity index is 1.77. The Kier molecular flexibility index (Phi) is 9.06. The maximum absolute atomic E-state index is 13.0. The summed E-state index contributed by atoms with van der Waals surface area (Å²) in [5.41, 5.74) is 0.331. The number of hydrogen-bond acceptors (Lipinski definition) is 11. The molecule has 3 amide bonds. The zero-order valence-corrected chi connectivity index (χ0v) is 20.3. The van der Waals surface area contributed by atoms with Gasteiger partial charge in [-0.05, 0) is 11.0 Å². The minimum absolute atomic E-state index is 0.0199. The average molecular weight is 535 g/mol. The number of allylic oxidation sites excluding steroid dienone is 1. The molecule has 1 aromatic heterocycles. The van der Waals surface area contributed by atoms with E-state index in [0.717, 1.165) is 16.2 Å². The van der Waals surface area contributed by atoms with Gasteiger partial charge in [-0.1, -0.05) is 17.8 Å². The molecule has 3 heterocycles. The quantitative estimate of drug-likeness (QED) is 0.0670. The zero-order chi connectivity index (χ0) is 25.4. The number of carboxylic acids is 1. The summed E-state index contributed by atoms with van der Waals surface area (Å²) >= 11 is 3.63. The van der Waals surface area contributed by atoms with Crippen molar-refractivity contribution in [2.24, 2.45) is 5.16 Å². The van der Waals surface area contributed by atoms with Crippen LogP contribution < -0.4 is 10.6 Å². The second kappa shape index (κ2) is 12.2. The third-order valence-corrected chi connectivity index (χ3v) is 7.48. The lowest BCUT2D eigenvalue weighted by Crippen LogP contribution is -2.71. The lowest BCUT2D eigenvalue weighted by atomic mass is 10.0. The minimum Gasteiger partial charge on any atom is -0.477 e. The monoisotopic (exact) mass is 534 g/mol.